The predicted molar refractivity (Wildman–Crippen MR) is 61.2 cm³/mol. The number of nitrogens with two attached hydrogens (primary N) is 1. The molecule has 0 fully saturated rings. The molecule has 0 bridgehead atoms. The van der Waals surface area contributed by atoms with Crippen molar-refractivity contribution in [3.8, 4) is 0 Å². The largest absolute Gasteiger partial charge is 0.394 e. The van der Waals surface area contributed by atoms with Crippen LogP contribution < -0.4 is 10.8 Å². The van der Waals surface area contributed by atoms with Crippen molar-refractivity contribution in [3.63, 3.8) is 0 Å². The van der Waals surface area contributed by atoms with E-state index in [0.29, 0.717) is 5.69 Å². The summed E-state index contributed by atoms with van der Waals surface area (Å²) in [5, 5.41) is 9.65. The number of hydroxylamine groups is 1. The first kappa shape index (κ1) is 13.1. The maximum atomic E-state index is 11.3. The number of primary amides is 1. The van der Waals surface area contributed by atoms with E-state index >= 15 is 0 Å². The van der Waals surface area contributed by atoms with E-state index in [1.807, 2.05) is 0 Å². The number of benzene rings is 1. The van der Waals surface area contributed by atoms with Crippen molar-refractivity contribution >= 4 is 17.5 Å². The highest BCUT2D eigenvalue weighted by Gasteiger charge is 2.13. The van der Waals surface area contributed by atoms with Crippen molar-refractivity contribution < 1.29 is 19.5 Å². The minimum absolute atomic E-state index is 0.0135. The quantitative estimate of drug-likeness (QED) is 0.709. The van der Waals surface area contributed by atoms with Gasteiger partial charge in [-0.05, 0) is 18.2 Å². The number of aliphatic hydroxyl groups is 1. The summed E-state index contributed by atoms with van der Waals surface area (Å²) in [6, 6.07) is 6.18. The summed E-state index contributed by atoms with van der Waals surface area (Å²) < 4.78 is 0. The highest BCUT2D eigenvalue weighted by molar-refractivity contribution is 5.95. The zero-order valence-corrected chi connectivity index (χ0v) is 9.42. The molecule has 0 radical (unpaired) electrons. The molecule has 17 heavy (non-hydrogen) atoms. The topological polar surface area (TPSA) is 92.9 Å². The molecular weight excluding hydrogens is 224 g/mol. The molecule has 0 aromatic heterocycles. The van der Waals surface area contributed by atoms with Crippen LogP contribution in [0.15, 0.2) is 24.3 Å². The Labute approximate surface area is 98.5 Å². The Balaban J connectivity index is 2.97. The Hall–Kier alpha value is -1.92. The molecule has 6 heteroatoms. The highest BCUT2D eigenvalue weighted by atomic mass is 16.7. The fourth-order valence-electron chi connectivity index (χ4n) is 1.26. The van der Waals surface area contributed by atoms with Crippen LogP contribution in [0.2, 0.25) is 0 Å². The van der Waals surface area contributed by atoms with E-state index in [-0.39, 0.29) is 24.7 Å². The maximum absolute atomic E-state index is 11.3. The fraction of sp³-hybridized carbons (Fsp3) is 0.273. The van der Waals surface area contributed by atoms with Crippen LogP contribution in [0.3, 0.4) is 0 Å². The second-order valence-electron chi connectivity index (χ2n) is 3.28. The van der Waals surface area contributed by atoms with Gasteiger partial charge in [0.15, 0.2) is 0 Å². The summed E-state index contributed by atoms with van der Waals surface area (Å²) >= 11 is 0. The first-order chi connectivity index (χ1) is 8.06. The predicted octanol–water partition coefficient (Wildman–Crippen LogP) is 0.0623. The number of hydrogen-bond donors (Lipinski definition) is 2. The van der Waals surface area contributed by atoms with Gasteiger partial charge < -0.3 is 10.8 Å². The average Bonchev–Trinajstić information content (AvgIpc) is 2.29. The van der Waals surface area contributed by atoms with Crippen molar-refractivity contribution in [1.29, 1.82) is 0 Å². The van der Waals surface area contributed by atoms with E-state index in [2.05, 4.69) is 0 Å². The summed E-state index contributed by atoms with van der Waals surface area (Å²) in [4.78, 5) is 27.4. The average molecular weight is 238 g/mol. The summed E-state index contributed by atoms with van der Waals surface area (Å²) in [5.41, 5.74) is 5.81. The third-order valence-electron chi connectivity index (χ3n) is 1.96. The van der Waals surface area contributed by atoms with Gasteiger partial charge in [-0.1, -0.05) is 6.07 Å². The molecule has 0 aliphatic rings. The number of amides is 2. The van der Waals surface area contributed by atoms with Crippen LogP contribution >= 0.6 is 0 Å². The minimum Gasteiger partial charge on any atom is -0.394 e. The van der Waals surface area contributed by atoms with E-state index in [1.165, 1.54) is 19.1 Å². The lowest BCUT2D eigenvalue weighted by Gasteiger charge is -2.20. The van der Waals surface area contributed by atoms with Gasteiger partial charge in [0, 0.05) is 12.5 Å². The van der Waals surface area contributed by atoms with E-state index < -0.39 is 5.91 Å². The molecule has 2 amide bonds. The van der Waals surface area contributed by atoms with E-state index in [1.54, 1.807) is 12.1 Å². The van der Waals surface area contributed by atoms with E-state index in [0.717, 1.165) is 5.06 Å². The molecule has 0 spiro atoms. The Morgan fingerprint density at radius 1 is 1.47 bits per heavy atom. The van der Waals surface area contributed by atoms with Crippen molar-refractivity contribution in [2.75, 3.05) is 18.3 Å². The molecule has 0 saturated heterocycles. The van der Waals surface area contributed by atoms with Crippen molar-refractivity contribution in [1.82, 2.24) is 0 Å². The molecule has 6 nitrogen and oxygen atoms in total. The van der Waals surface area contributed by atoms with Crippen LogP contribution in [0.25, 0.3) is 0 Å². The van der Waals surface area contributed by atoms with Crippen LogP contribution in [0, 0.1) is 0 Å². The summed E-state index contributed by atoms with van der Waals surface area (Å²) in [6.45, 7) is 1.09. The van der Waals surface area contributed by atoms with Gasteiger partial charge in [-0.2, -0.15) is 5.06 Å². The SMILES string of the molecule is CC(=O)N(OCCO)c1cccc(C(N)=O)c1. The van der Waals surface area contributed by atoms with Gasteiger partial charge >= 0.3 is 0 Å². The number of rotatable bonds is 5. The molecule has 92 valence electrons. The minimum atomic E-state index is -0.586. The molecular formula is C11H14N2O4. The van der Waals surface area contributed by atoms with Gasteiger partial charge in [0.1, 0.15) is 0 Å². The number of hydrogen-bond acceptors (Lipinski definition) is 4. The second kappa shape index (κ2) is 5.97. The number of carbonyl (C=O) groups excluding carboxylic acids is 2. The van der Waals surface area contributed by atoms with Crippen molar-refractivity contribution in [2.45, 2.75) is 6.92 Å². The Morgan fingerprint density at radius 2 is 2.18 bits per heavy atom. The molecule has 0 aliphatic carbocycles. The summed E-state index contributed by atoms with van der Waals surface area (Å²) in [6.07, 6.45) is 0. The van der Waals surface area contributed by atoms with E-state index in [4.69, 9.17) is 15.7 Å². The molecule has 0 aliphatic heterocycles. The standard InChI is InChI=1S/C11H14N2O4/c1-8(15)13(17-6-5-14)10-4-2-3-9(7-10)11(12)16/h2-4,7,14H,5-6H2,1H3,(H2,12,16). The Bertz CT molecular complexity index is 420. The third kappa shape index (κ3) is 3.54. The number of nitrogens with zero attached hydrogens (tertiary/aromatic N) is 1. The first-order valence-electron chi connectivity index (χ1n) is 5.00. The Morgan fingerprint density at radius 3 is 2.71 bits per heavy atom. The number of aliphatic hydroxyl groups excluding tert-OH is 1. The van der Waals surface area contributed by atoms with Crippen LogP contribution in [0.4, 0.5) is 5.69 Å². The molecule has 3 N–H and O–H groups in total. The second-order valence-corrected chi connectivity index (χ2v) is 3.28. The zero-order valence-electron chi connectivity index (χ0n) is 9.42. The molecule has 1 aromatic carbocycles. The lowest BCUT2D eigenvalue weighted by atomic mass is 10.2. The van der Waals surface area contributed by atoms with Crippen LogP contribution in [0.5, 0.6) is 0 Å². The maximum Gasteiger partial charge on any atom is 0.248 e. The molecule has 1 aromatic rings. The molecule has 0 atom stereocenters. The normalized spacial score (nSPS) is 10.0. The van der Waals surface area contributed by atoms with Crippen molar-refractivity contribution in [2.24, 2.45) is 5.73 Å². The van der Waals surface area contributed by atoms with Gasteiger partial charge in [-0.25, -0.2) is 0 Å². The first-order valence-corrected chi connectivity index (χ1v) is 5.00. The van der Waals surface area contributed by atoms with Gasteiger partial charge in [-0.3, -0.25) is 14.4 Å². The summed E-state index contributed by atoms with van der Waals surface area (Å²) in [5.74, 6) is -0.947. The molecule has 0 unspecified atom stereocenters. The lowest BCUT2D eigenvalue weighted by molar-refractivity contribution is -0.124. The van der Waals surface area contributed by atoms with E-state index in [9.17, 15) is 9.59 Å². The zero-order chi connectivity index (χ0) is 12.8. The van der Waals surface area contributed by atoms with Gasteiger partial charge in [0.05, 0.1) is 18.9 Å². The smallest absolute Gasteiger partial charge is 0.248 e. The number of anilines is 1. The highest BCUT2D eigenvalue weighted by Crippen LogP contribution is 2.16. The van der Waals surface area contributed by atoms with Gasteiger partial charge in [-0.15, -0.1) is 0 Å². The van der Waals surface area contributed by atoms with Gasteiger partial charge in [0.25, 0.3) is 0 Å². The van der Waals surface area contributed by atoms with Crippen LogP contribution in [0.1, 0.15) is 17.3 Å². The van der Waals surface area contributed by atoms with Gasteiger partial charge in [0.2, 0.25) is 11.8 Å². The van der Waals surface area contributed by atoms with Crippen LogP contribution in [-0.2, 0) is 9.63 Å². The molecule has 0 saturated carbocycles. The van der Waals surface area contributed by atoms with Crippen molar-refractivity contribution in [3.05, 3.63) is 29.8 Å². The molecule has 0 heterocycles. The lowest BCUT2D eigenvalue weighted by Crippen LogP contribution is -2.30. The number of carbonyl (C=O) groups is 2. The molecule has 1 rings (SSSR count). The monoisotopic (exact) mass is 238 g/mol. The fourth-order valence-corrected chi connectivity index (χ4v) is 1.26. The summed E-state index contributed by atoms with van der Waals surface area (Å²) in [7, 11) is 0. The Kier molecular flexibility index (Phi) is 4.62. The van der Waals surface area contributed by atoms with Crippen LogP contribution in [-0.4, -0.2) is 30.1 Å². The third-order valence-corrected chi connectivity index (χ3v) is 1.96.